The van der Waals surface area contributed by atoms with Crippen molar-refractivity contribution in [2.75, 3.05) is 7.05 Å². The Labute approximate surface area is 107 Å². The second-order valence-electron chi connectivity index (χ2n) is 5.75. The maximum absolute atomic E-state index is 12.2. The van der Waals surface area contributed by atoms with Gasteiger partial charge in [-0.2, -0.15) is 0 Å². The highest BCUT2D eigenvalue weighted by atomic mass is 16.5. The lowest BCUT2D eigenvalue weighted by atomic mass is 9.73. The largest absolute Gasteiger partial charge is 0.467 e. The van der Waals surface area contributed by atoms with E-state index in [-0.39, 0.29) is 11.6 Å². The molecule has 2 fully saturated rings. The normalized spacial score (nSPS) is 36.9. The van der Waals surface area contributed by atoms with Gasteiger partial charge in [0, 0.05) is 31.7 Å². The Morgan fingerprint density at radius 3 is 3.11 bits per heavy atom. The molecule has 1 saturated heterocycles. The SMILES string of the molecule is CN1C(=O)C[C@@H]2c3ccccc3O[C@@]13CCC[C@H]23. The molecule has 2 aliphatic heterocycles. The fourth-order valence-electron chi connectivity index (χ4n) is 4.19. The second-order valence-corrected chi connectivity index (χ2v) is 5.75. The van der Waals surface area contributed by atoms with Gasteiger partial charge in [0.25, 0.3) is 0 Å². The molecule has 0 N–H and O–H groups in total. The predicted molar refractivity (Wildman–Crippen MR) is 67.3 cm³/mol. The van der Waals surface area contributed by atoms with Gasteiger partial charge in [-0.3, -0.25) is 4.79 Å². The molecule has 0 spiro atoms. The topological polar surface area (TPSA) is 29.5 Å². The number of carbonyl (C=O) groups excluding carboxylic acids is 1. The van der Waals surface area contributed by atoms with Crippen LogP contribution in [0.2, 0.25) is 0 Å². The Balaban J connectivity index is 1.93. The van der Waals surface area contributed by atoms with E-state index in [1.807, 2.05) is 30.1 Å². The van der Waals surface area contributed by atoms with Crippen LogP contribution in [0.3, 0.4) is 0 Å². The number of rotatable bonds is 0. The van der Waals surface area contributed by atoms with Gasteiger partial charge in [0.2, 0.25) is 5.91 Å². The van der Waals surface area contributed by atoms with Crippen molar-refractivity contribution in [3.8, 4) is 5.75 Å². The lowest BCUT2D eigenvalue weighted by Gasteiger charge is -2.53. The van der Waals surface area contributed by atoms with Crippen molar-refractivity contribution in [1.29, 1.82) is 0 Å². The lowest BCUT2D eigenvalue weighted by Crippen LogP contribution is -2.63. The Kier molecular flexibility index (Phi) is 1.90. The van der Waals surface area contributed by atoms with E-state index >= 15 is 0 Å². The number of hydrogen-bond acceptors (Lipinski definition) is 2. The van der Waals surface area contributed by atoms with Gasteiger partial charge in [-0.25, -0.2) is 0 Å². The van der Waals surface area contributed by atoms with E-state index in [1.165, 1.54) is 12.0 Å². The van der Waals surface area contributed by atoms with E-state index in [9.17, 15) is 4.79 Å². The summed E-state index contributed by atoms with van der Waals surface area (Å²) >= 11 is 0. The minimum Gasteiger partial charge on any atom is -0.467 e. The highest BCUT2D eigenvalue weighted by molar-refractivity contribution is 5.80. The molecule has 0 radical (unpaired) electrons. The monoisotopic (exact) mass is 243 g/mol. The summed E-state index contributed by atoms with van der Waals surface area (Å²) in [5.74, 6) is 2.06. The number of piperidine rings is 1. The second kappa shape index (κ2) is 3.28. The molecule has 3 aliphatic rings. The molecular formula is C15H17NO2. The Bertz CT molecular complexity index is 527. The number of benzene rings is 1. The molecule has 18 heavy (non-hydrogen) atoms. The zero-order valence-corrected chi connectivity index (χ0v) is 10.6. The average Bonchev–Trinajstić information content (AvgIpc) is 2.81. The van der Waals surface area contributed by atoms with Crippen molar-refractivity contribution >= 4 is 5.91 Å². The molecular weight excluding hydrogens is 226 g/mol. The Morgan fingerprint density at radius 1 is 1.39 bits per heavy atom. The van der Waals surface area contributed by atoms with Crippen LogP contribution in [0.1, 0.15) is 37.2 Å². The van der Waals surface area contributed by atoms with Crippen LogP contribution in [-0.2, 0) is 4.79 Å². The van der Waals surface area contributed by atoms with Gasteiger partial charge in [-0.05, 0) is 24.5 Å². The van der Waals surface area contributed by atoms with Crippen LogP contribution in [0, 0.1) is 5.92 Å². The van der Waals surface area contributed by atoms with Crippen molar-refractivity contribution < 1.29 is 9.53 Å². The molecule has 2 heterocycles. The first-order valence-electron chi connectivity index (χ1n) is 6.77. The molecule has 3 heteroatoms. The molecule has 1 saturated carbocycles. The summed E-state index contributed by atoms with van der Waals surface area (Å²) in [5, 5.41) is 0. The van der Waals surface area contributed by atoms with Gasteiger partial charge < -0.3 is 9.64 Å². The molecule has 2 bridgehead atoms. The first kappa shape index (κ1) is 10.4. The summed E-state index contributed by atoms with van der Waals surface area (Å²) in [6, 6.07) is 8.23. The van der Waals surface area contributed by atoms with Crippen LogP contribution >= 0.6 is 0 Å². The predicted octanol–water partition coefficient (Wildman–Crippen LogP) is 2.52. The quantitative estimate of drug-likeness (QED) is 0.700. The standard InChI is InChI=1S/C15H17NO2/c1-16-14(17)9-11-10-5-2-3-7-13(10)18-15(16)8-4-6-12(11)15/h2-3,5,7,11-12H,4,6,8-9H2,1H3/t11-,12-,15-/m1/s1. The van der Waals surface area contributed by atoms with E-state index in [4.69, 9.17) is 4.74 Å². The van der Waals surface area contributed by atoms with E-state index in [0.29, 0.717) is 18.3 Å². The number of carbonyl (C=O) groups is 1. The number of amides is 1. The van der Waals surface area contributed by atoms with E-state index in [2.05, 4.69) is 6.07 Å². The minimum absolute atomic E-state index is 0.229. The summed E-state index contributed by atoms with van der Waals surface area (Å²) in [5.41, 5.74) is 0.885. The molecule has 0 unspecified atom stereocenters. The summed E-state index contributed by atoms with van der Waals surface area (Å²) < 4.78 is 6.30. The van der Waals surface area contributed by atoms with Gasteiger partial charge >= 0.3 is 0 Å². The van der Waals surface area contributed by atoms with E-state index in [0.717, 1.165) is 18.6 Å². The zero-order valence-electron chi connectivity index (χ0n) is 10.6. The maximum Gasteiger partial charge on any atom is 0.226 e. The fraction of sp³-hybridized carbons (Fsp3) is 0.533. The smallest absolute Gasteiger partial charge is 0.226 e. The molecule has 3 atom stereocenters. The number of fused-ring (bicyclic) bond motifs is 2. The summed E-state index contributed by atoms with van der Waals surface area (Å²) in [4.78, 5) is 14.1. The van der Waals surface area contributed by atoms with Crippen LogP contribution in [0.15, 0.2) is 24.3 Å². The average molecular weight is 243 g/mol. The highest BCUT2D eigenvalue weighted by Gasteiger charge is 2.59. The van der Waals surface area contributed by atoms with E-state index in [1.54, 1.807) is 0 Å². The number of likely N-dealkylation sites (tertiary alicyclic amines) is 1. The molecule has 3 nitrogen and oxygen atoms in total. The van der Waals surface area contributed by atoms with Crippen molar-refractivity contribution in [3.63, 3.8) is 0 Å². The first-order chi connectivity index (χ1) is 8.72. The highest BCUT2D eigenvalue weighted by Crippen LogP contribution is 2.57. The molecule has 1 amide bonds. The van der Waals surface area contributed by atoms with E-state index < -0.39 is 0 Å². The van der Waals surface area contributed by atoms with Crippen molar-refractivity contribution in [2.45, 2.75) is 37.3 Å². The Morgan fingerprint density at radius 2 is 2.22 bits per heavy atom. The van der Waals surface area contributed by atoms with Gasteiger partial charge in [0.15, 0.2) is 5.72 Å². The molecule has 94 valence electrons. The molecule has 1 aromatic carbocycles. The van der Waals surface area contributed by atoms with Crippen LogP contribution in [0.5, 0.6) is 5.75 Å². The third-order valence-corrected chi connectivity index (χ3v) is 5.06. The third-order valence-electron chi connectivity index (χ3n) is 5.06. The zero-order chi connectivity index (χ0) is 12.3. The maximum atomic E-state index is 12.2. The Hall–Kier alpha value is -1.51. The van der Waals surface area contributed by atoms with Gasteiger partial charge in [0.1, 0.15) is 5.75 Å². The van der Waals surface area contributed by atoms with Gasteiger partial charge in [0.05, 0.1) is 0 Å². The molecule has 1 aliphatic carbocycles. The van der Waals surface area contributed by atoms with Crippen molar-refractivity contribution in [1.82, 2.24) is 4.90 Å². The fourth-order valence-corrected chi connectivity index (χ4v) is 4.19. The van der Waals surface area contributed by atoms with Crippen LogP contribution in [0.4, 0.5) is 0 Å². The third kappa shape index (κ3) is 1.08. The van der Waals surface area contributed by atoms with Gasteiger partial charge in [-0.15, -0.1) is 0 Å². The molecule has 1 aromatic rings. The lowest BCUT2D eigenvalue weighted by molar-refractivity contribution is -0.175. The van der Waals surface area contributed by atoms with Gasteiger partial charge in [-0.1, -0.05) is 18.2 Å². The minimum atomic E-state index is -0.353. The number of para-hydroxylation sites is 1. The number of ether oxygens (including phenoxy) is 1. The van der Waals surface area contributed by atoms with Crippen molar-refractivity contribution in [2.24, 2.45) is 5.92 Å². The van der Waals surface area contributed by atoms with Crippen molar-refractivity contribution in [3.05, 3.63) is 29.8 Å². The summed E-state index contributed by atoms with van der Waals surface area (Å²) in [6.45, 7) is 0. The number of hydrogen-bond donors (Lipinski definition) is 0. The number of nitrogens with zero attached hydrogens (tertiary/aromatic N) is 1. The van der Waals surface area contributed by atoms with Crippen LogP contribution < -0.4 is 4.74 Å². The van der Waals surface area contributed by atoms with Crippen LogP contribution in [0.25, 0.3) is 0 Å². The summed E-state index contributed by atoms with van der Waals surface area (Å²) in [7, 11) is 1.91. The summed E-state index contributed by atoms with van der Waals surface area (Å²) in [6.07, 6.45) is 3.96. The molecule has 4 rings (SSSR count). The first-order valence-corrected chi connectivity index (χ1v) is 6.77. The molecule has 0 aromatic heterocycles. The van der Waals surface area contributed by atoms with Crippen LogP contribution in [-0.4, -0.2) is 23.6 Å².